The van der Waals surface area contributed by atoms with Crippen LogP contribution in [0.2, 0.25) is 5.02 Å². The number of rotatable bonds is 6. The fraction of sp³-hybridized carbons (Fsp3) is 0.250. The molecule has 4 aromatic rings. The average molecular weight is 466 g/mol. The lowest BCUT2D eigenvalue weighted by Crippen LogP contribution is -2.14. The van der Waals surface area contributed by atoms with Gasteiger partial charge >= 0.3 is 0 Å². The first-order valence-electron chi connectivity index (χ1n) is 10.3. The van der Waals surface area contributed by atoms with E-state index in [1.807, 2.05) is 32.9 Å². The summed E-state index contributed by atoms with van der Waals surface area (Å²) in [6.45, 7) is 8.04. The van der Waals surface area contributed by atoms with Gasteiger partial charge in [-0.25, -0.2) is 9.50 Å². The molecule has 0 spiro atoms. The molecule has 0 fully saturated rings. The van der Waals surface area contributed by atoms with Crippen LogP contribution in [0, 0.1) is 27.7 Å². The van der Waals surface area contributed by atoms with E-state index in [1.165, 1.54) is 22.9 Å². The monoisotopic (exact) mass is 465 g/mol. The third-order valence-electron chi connectivity index (χ3n) is 5.28. The molecule has 0 saturated carbocycles. The van der Waals surface area contributed by atoms with Crippen molar-refractivity contribution < 1.29 is 4.79 Å². The van der Waals surface area contributed by atoms with E-state index in [-0.39, 0.29) is 11.7 Å². The van der Waals surface area contributed by atoms with Gasteiger partial charge in [0.25, 0.3) is 5.78 Å². The van der Waals surface area contributed by atoms with Crippen molar-refractivity contribution >= 4 is 40.7 Å². The number of fused-ring (bicyclic) bond motifs is 1. The zero-order valence-electron chi connectivity index (χ0n) is 18.4. The third kappa shape index (κ3) is 4.95. The highest BCUT2D eigenvalue weighted by Gasteiger charge is 2.15. The molecule has 0 aliphatic rings. The molecule has 2 aromatic carbocycles. The highest BCUT2D eigenvalue weighted by atomic mass is 35.5. The molecule has 0 radical (unpaired) electrons. The predicted octanol–water partition coefficient (Wildman–Crippen LogP) is 5.33. The van der Waals surface area contributed by atoms with Crippen LogP contribution >= 0.6 is 23.4 Å². The molecule has 1 N–H and O–H groups in total. The molecule has 1 amide bonds. The van der Waals surface area contributed by atoms with Crippen molar-refractivity contribution in [1.82, 2.24) is 19.6 Å². The molecule has 8 heteroatoms. The second-order valence-electron chi connectivity index (χ2n) is 7.83. The molecular formula is C24H24ClN5OS. The Kier molecular flexibility index (Phi) is 6.48. The van der Waals surface area contributed by atoms with Crippen LogP contribution in [0.1, 0.15) is 33.6 Å². The molecule has 0 aliphatic carbocycles. The van der Waals surface area contributed by atoms with Crippen LogP contribution in [0.15, 0.2) is 47.6 Å². The summed E-state index contributed by atoms with van der Waals surface area (Å²) >= 11 is 7.41. The lowest BCUT2D eigenvalue weighted by molar-refractivity contribution is -0.113. The number of nitrogens with one attached hydrogen (secondary N) is 1. The molecule has 0 unspecified atom stereocenters. The Morgan fingerprint density at radius 2 is 1.91 bits per heavy atom. The van der Waals surface area contributed by atoms with Gasteiger partial charge in [-0.3, -0.25) is 4.79 Å². The van der Waals surface area contributed by atoms with E-state index in [0.717, 1.165) is 28.9 Å². The summed E-state index contributed by atoms with van der Waals surface area (Å²) in [6, 6.07) is 13.9. The predicted molar refractivity (Wildman–Crippen MR) is 130 cm³/mol. The number of benzene rings is 2. The number of carbonyl (C=O) groups is 1. The molecule has 0 atom stereocenters. The number of halogens is 1. The zero-order valence-corrected chi connectivity index (χ0v) is 20.0. The number of hydrogen-bond donors (Lipinski definition) is 1. The maximum Gasteiger partial charge on any atom is 0.253 e. The summed E-state index contributed by atoms with van der Waals surface area (Å²) in [5.74, 6) is 0.590. The van der Waals surface area contributed by atoms with Crippen molar-refractivity contribution in [3.8, 4) is 0 Å². The van der Waals surface area contributed by atoms with Crippen LogP contribution in [-0.2, 0) is 11.2 Å². The SMILES string of the molecule is Cc1cccc(Cc2c(C)nc3nc(SCC(=O)Nc4ccc(C)c(Cl)c4)nn3c2C)c1. The van der Waals surface area contributed by atoms with Crippen LogP contribution in [0.5, 0.6) is 0 Å². The maximum atomic E-state index is 12.4. The summed E-state index contributed by atoms with van der Waals surface area (Å²) in [7, 11) is 0. The van der Waals surface area contributed by atoms with Crippen molar-refractivity contribution in [3.05, 3.63) is 81.1 Å². The normalized spacial score (nSPS) is 11.2. The summed E-state index contributed by atoms with van der Waals surface area (Å²) in [4.78, 5) is 21.5. The van der Waals surface area contributed by atoms with Crippen molar-refractivity contribution in [1.29, 1.82) is 0 Å². The van der Waals surface area contributed by atoms with Crippen molar-refractivity contribution in [2.24, 2.45) is 0 Å². The highest BCUT2D eigenvalue weighted by Crippen LogP contribution is 2.22. The van der Waals surface area contributed by atoms with Gasteiger partial charge in [0.15, 0.2) is 0 Å². The standard InChI is InChI=1S/C24H24ClN5OS/c1-14-6-5-7-18(10-14)11-20-16(3)26-23-28-24(29-30(23)17(20)4)32-13-22(31)27-19-9-8-15(2)21(25)12-19/h5-10,12H,11,13H2,1-4H3,(H,27,31). The van der Waals surface area contributed by atoms with E-state index in [9.17, 15) is 4.79 Å². The second kappa shape index (κ2) is 9.30. The van der Waals surface area contributed by atoms with Crippen molar-refractivity contribution in [3.63, 3.8) is 0 Å². The number of hydrogen-bond acceptors (Lipinski definition) is 5. The van der Waals surface area contributed by atoms with Gasteiger partial charge in [-0.1, -0.05) is 59.3 Å². The van der Waals surface area contributed by atoms with Gasteiger partial charge in [0, 0.05) is 28.5 Å². The smallest absolute Gasteiger partial charge is 0.253 e. The Morgan fingerprint density at radius 1 is 1.09 bits per heavy atom. The van der Waals surface area contributed by atoms with Gasteiger partial charge in [-0.05, 0) is 56.5 Å². The van der Waals surface area contributed by atoms with Gasteiger partial charge in [-0.2, -0.15) is 4.98 Å². The number of carbonyl (C=O) groups excluding carboxylic acids is 1. The Bertz CT molecular complexity index is 1320. The average Bonchev–Trinajstić information content (AvgIpc) is 3.15. The van der Waals surface area contributed by atoms with E-state index in [1.54, 1.807) is 10.6 Å². The number of amides is 1. The van der Waals surface area contributed by atoms with Crippen LogP contribution in [0.25, 0.3) is 5.78 Å². The second-order valence-corrected chi connectivity index (χ2v) is 9.18. The molecule has 0 bridgehead atoms. The molecular weight excluding hydrogens is 442 g/mol. The van der Waals surface area contributed by atoms with Gasteiger partial charge in [0.2, 0.25) is 11.1 Å². The molecule has 4 rings (SSSR count). The van der Waals surface area contributed by atoms with E-state index in [0.29, 0.717) is 21.6 Å². The van der Waals surface area contributed by atoms with Crippen LogP contribution in [-0.4, -0.2) is 31.2 Å². The first-order valence-corrected chi connectivity index (χ1v) is 11.6. The van der Waals surface area contributed by atoms with Gasteiger partial charge in [-0.15, -0.1) is 5.10 Å². The fourth-order valence-electron chi connectivity index (χ4n) is 3.53. The summed E-state index contributed by atoms with van der Waals surface area (Å²) < 4.78 is 1.76. The Morgan fingerprint density at radius 3 is 2.66 bits per heavy atom. The minimum atomic E-state index is -0.144. The molecule has 32 heavy (non-hydrogen) atoms. The van der Waals surface area contributed by atoms with Gasteiger partial charge in [0.05, 0.1) is 5.75 Å². The first-order chi connectivity index (χ1) is 15.3. The number of nitrogens with zero attached hydrogens (tertiary/aromatic N) is 4. The minimum Gasteiger partial charge on any atom is -0.325 e. The van der Waals surface area contributed by atoms with Crippen LogP contribution in [0.4, 0.5) is 5.69 Å². The molecule has 0 aliphatic heterocycles. The van der Waals surface area contributed by atoms with Crippen LogP contribution < -0.4 is 5.32 Å². The maximum absolute atomic E-state index is 12.4. The first kappa shape index (κ1) is 22.3. The van der Waals surface area contributed by atoms with E-state index in [2.05, 4.69) is 51.6 Å². The van der Waals surface area contributed by atoms with Gasteiger partial charge < -0.3 is 5.32 Å². The topological polar surface area (TPSA) is 72.2 Å². The number of thioether (sulfide) groups is 1. The molecule has 6 nitrogen and oxygen atoms in total. The van der Waals surface area contributed by atoms with Crippen LogP contribution in [0.3, 0.4) is 0 Å². The van der Waals surface area contributed by atoms with Crippen molar-refractivity contribution in [2.45, 2.75) is 39.3 Å². The Hall–Kier alpha value is -2.90. The van der Waals surface area contributed by atoms with E-state index < -0.39 is 0 Å². The largest absolute Gasteiger partial charge is 0.325 e. The van der Waals surface area contributed by atoms with E-state index >= 15 is 0 Å². The quantitative estimate of drug-likeness (QED) is 0.389. The lowest BCUT2D eigenvalue weighted by atomic mass is 10.0. The summed E-state index contributed by atoms with van der Waals surface area (Å²) in [6.07, 6.45) is 0.784. The van der Waals surface area contributed by atoms with Crippen molar-refractivity contribution in [2.75, 3.05) is 11.1 Å². The summed E-state index contributed by atoms with van der Waals surface area (Å²) in [5, 5.41) is 8.58. The minimum absolute atomic E-state index is 0.144. The molecule has 0 saturated heterocycles. The molecule has 164 valence electrons. The fourth-order valence-corrected chi connectivity index (χ4v) is 4.33. The summed E-state index contributed by atoms with van der Waals surface area (Å²) in [5.41, 5.74) is 7.19. The number of aryl methyl sites for hydroxylation is 4. The zero-order chi connectivity index (χ0) is 22.8. The third-order valence-corrected chi connectivity index (χ3v) is 6.53. The Balaban J connectivity index is 1.49. The van der Waals surface area contributed by atoms with Gasteiger partial charge in [0.1, 0.15) is 0 Å². The molecule has 2 heterocycles. The molecule has 2 aromatic heterocycles. The lowest BCUT2D eigenvalue weighted by Gasteiger charge is -2.10. The number of aromatic nitrogens is 4. The Labute approximate surface area is 196 Å². The van der Waals surface area contributed by atoms with E-state index in [4.69, 9.17) is 11.6 Å². The highest BCUT2D eigenvalue weighted by molar-refractivity contribution is 7.99. The number of anilines is 1.